The molecule has 5 heteroatoms. The van der Waals surface area contributed by atoms with Crippen LogP contribution in [0.4, 0.5) is 5.82 Å². The Morgan fingerprint density at radius 3 is 3.00 bits per heavy atom. The lowest BCUT2D eigenvalue weighted by atomic mass is 10.3. The number of nitrogens with zero attached hydrogens (tertiary/aromatic N) is 3. The van der Waals surface area contributed by atoms with Gasteiger partial charge < -0.3 is 5.73 Å². The number of anilines is 1. The fourth-order valence-corrected chi connectivity index (χ4v) is 3.04. The Labute approximate surface area is 103 Å². The lowest BCUT2D eigenvalue weighted by molar-refractivity contribution is 0.913. The van der Waals surface area contributed by atoms with E-state index in [1.807, 2.05) is 12.1 Å². The topological polar surface area (TPSA) is 64.7 Å². The predicted molar refractivity (Wildman–Crippen MR) is 71.1 cm³/mol. The van der Waals surface area contributed by atoms with Crippen LogP contribution in [0.5, 0.6) is 0 Å². The van der Waals surface area contributed by atoms with Crippen LogP contribution in [-0.2, 0) is 6.42 Å². The van der Waals surface area contributed by atoms with Crippen molar-refractivity contribution in [3.63, 3.8) is 0 Å². The summed E-state index contributed by atoms with van der Waals surface area (Å²) in [5.41, 5.74) is 8.47. The molecule has 0 aliphatic carbocycles. The second kappa shape index (κ2) is 3.92. The molecule has 0 saturated carbocycles. The van der Waals surface area contributed by atoms with Gasteiger partial charge in [-0.25, -0.2) is 9.97 Å². The summed E-state index contributed by atoms with van der Waals surface area (Å²) in [7, 11) is 0. The molecule has 0 fully saturated rings. The smallest absolute Gasteiger partial charge is 0.151 e. The Hall–Kier alpha value is -1.75. The lowest BCUT2D eigenvalue weighted by Gasteiger charge is -1.98. The van der Waals surface area contributed by atoms with Crippen LogP contribution < -0.4 is 5.73 Å². The van der Waals surface area contributed by atoms with E-state index in [2.05, 4.69) is 21.9 Å². The molecular weight excluding hydrogens is 232 g/mol. The molecular formula is C12H12N4S. The van der Waals surface area contributed by atoms with Gasteiger partial charge in [-0.3, -0.25) is 4.98 Å². The van der Waals surface area contributed by atoms with Gasteiger partial charge in [-0.1, -0.05) is 6.92 Å². The van der Waals surface area contributed by atoms with Crippen LogP contribution in [0.15, 0.2) is 18.3 Å². The van der Waals surface area contributed by atoms with Gasteiger partial charge in [0.1, 0.15) is 11.0 Å². The summed E-state index contributed by atoms with van der Waals surface area (Å²) in [4.78, 5) is 13.3. The Morgan fingerprint density at radius 1 is 1.29 bits per heavy atom. The van der Waals surface area contributed by atoms with E-state index in [0.717, 1.165) is 39.1 Å². The zero-order valence-corrected chi connectivity index (χ0v) is 10.3. The number of aromatic nitrogens is 3. The summed E-state index contributed by atoms with van der Waals surface area (Å²) < 4.78 is 1.05. The van der Waals surface area contributed by atoms with Crippen molar-refractivity contribution in [2.75, 3.05) is 5.73 Å². The van der Waals surface area contributed by atoms with Gasteiger partial charge in [-0.15, -0.1) is 11.3 Å². The molecule has 3 heterocycles. The van der Waals surface area contributed by atoms with Crippen LogP contribution in [0.1, 0.15) is 18.4 Å². The summed E-state index contributed by atoms with van der Waals surface area (Å²) in [5, 5.41) is 1.11. The van der Waals surface area contributed by atoms with Gasteiger partial charge in [0, 0.05) is 6.20 Å². The van der Waals surface area contributed by atoms with Crippen molar-refractivity contribution in [2.24, 2.45) is 0 Å². The molecule has 17 heavy (non-hydrogen) atoms. The second-order valence-electron chi connectivity index (χ2n) is 3.90. The van der Waals surface area contributed by atoms with Crippen LogP contribution in [0.25, 0.3) is 21.3 Å². The number of aryl methyl sites for hydroxylation is 1. The van der Waals surface area contributed by atoms with Crippen LogP contribution in [0.3, 0.4) is 0 Å². The first-order valence-corrected chi connectivity index (χ1v) is 6.41. The summed E-state index contributed by atoms with van der Waals surface area (Å²) >= 11 is 1.67. The van der Waals surface area contributed by atoms with Crippen molar-refractivity contribution in [1.29, 1.82) is 0 Å². The highest BCUT2D eigenvalue weighted by atomic mass is 32.1. The third-order valence-electron chi connectivity index (χ3n) is 2.62. The van der Waals surface area contributed by atoms with E-state index >= 15 is 0 Å². The number of thiazole rings is 1. The molecule has 0 spiro atoms. The normalized spacial score (nSPS) is 11.4. The number of fused-ring (bicyclic) bond motifs is 3. The Kier molecular flexibility index (Phi) is 2.40. The third-order valence-corrected chi connectivity index (χ3v) is 3.74. The van der Waals surface area contributed by atoms with Gasteiger partial charge in [0.2, 0.25) is 0 Å². The van der Waals surface area contributed by atoms with E-state index in [9.17, 15) is 0 Å². The quantitative estimate of drug-likeness (QED) is 0.752. The molecule has 2 N–H and O–H groups in total. The molecule has 3 rings (SSSR count). The number of hydrogen-bond donors (Lipinski definition) is 1. The van der Waals surface area contributed by atoms with E-state index in [1.54, 1.807) is 17.5 Å². The first kappa shape index (κ1) is 10.4. The highest BCUT2D eigenvalue weighted by Crippen LogP contribution is 2.31. The third kappa shape index (κ3) is 1.63. The molecule has 0 radical (unpaired) electrons. The van der Waals surface area contributed by atoms with Gasteiger partial charge in [0.25, 0.3) is 0 Å². The second-order valence-corrected chi connectivity index (χ2v) is 4.99. The minimum absolute atomic E-state index is 0.499. The van der Waals surface area contributed by atoms with Crippen LogP contribution >= 0.6 is 11.3 Å². The standard InChI is InChI=1S/C12H12N4S/c1-2-4-8-16-10-11(17-8)9-7(15-12(10)13)5-3-6-14-9/h3,5-6H,2,4H2,1H3,(H2,13,15). The Balaban J connectivity index is 2.39. The molecule has 0 unspecified atom stereocenters. The number of nitrogen functional groups attached to an aromatic ring is 1. The highest BCUT2D eigenvalue weighted by molar-refractivity contribution is 7.19. The van der Waals surface area contributed by atoms with Gasteiger partial charge in [0.15, 0.2) is 5.82 Å². The average molecular weight is 244 g/mol. The highest BCUT2D eigenvalue weighted by Gasteiger charge is 2.12. The monoisotopic (exact) mass is 244 g/mol. The Bertz CT molecular complexity index is 689. The van der Waals surface area contributed by atoms with Crippen molar-refractivity contribution in [3.05, 3.63) is 23.3 Å². The van der Waals surface area contributed by atoms with Crippen LogP contribution in [0, 0.1) is 0 Å². The average Bonchev–Trinajstić information content (AvgIpc) is 2.74. The van der Waals surface area contributed by atoms with Crippen molar-refractivity contribution < 1.29 is 0 Å². The fourth-order valence-electron chi connectivity index (χ4n) is 1.86. The Morgan fingerprint density at radius 2 is 2.18 bits per heavy atom. The SMILES string of the molecule is CCCc1nc2c(N)nc3cccnc3c2s1. The summed E-state index contributed by atoms with van der Waals surface area (Å²) in [6, 6.07) is 3.80. The van der Waals surface area contributed by atoms with Crippen LogP contribution in [0.2, 0.25) is 0 Å². The van der Waals surface area contributed by atoms with E-state index in [-0.39, 0.29) is 0 Å². The van der Waals surface area contributed by atoms with E-state index < -0.39 is 0 Å². The number of nitrogens with two attached hydrogens (primary N) is 1. The maximum absolute atomic E-state index is 5.94. The fraction of sp³-hybridized carbons (Fsp3) is 0.250. The van der Waals surface area contributed by atoms with Crippen molar-refractivity contribution in [2.45, 2.75) is 19.8 Å². The van der Waals surface area contributed by atoms with Crippen molar-refractivity contribution >= 4 is 38.4 Å². The zero-order chi connectivity index (χ0) is 11.8. The summed E-state index contributed by atoms with van der Waals surface area (Å²) in [6.07, 6.45) is 3.84. The molecule has 0 aliphatic heterocycles. The van der Waals surface area contributed by atoms with Gasteiger partial charge in [-0.2, -0.15) is 0 Å². The van der Waals surface area contributed by atoms with E-state index in [1.165, 1.54) is 0 Å². The summed E-state index contributed by atoms with van der Waals surface area (Å²) in [6.45, 7) is 2.14. The number of pyridine rings is 2. The molecule has 0 aliphatic rings. The van der Waals surface area contributed by atoms with Gasteiger partial charge >= 0.3 is 0 Å². The van der Waals surface area contributed by atoms with Crippen molar-refractivity contribution in [3.8, 4) is 0 Å². The van der Waals surface area contributed by atoms with Gasteiger partial charge in [0.05, 0.1) is 15.2 Å². The number of rotatable bonds is 2. The first-order valence-electron chi connectivity index (χ1n) is 5.59. The molecule has 3 aromatic rings. The molecule has 0 amide bonds. The maximum Gasteiger partial charge on any atom is 0.151 e. The first-order chi connectivity index (χ1) is 8.29. The minimum atomic E-state index is 0.499. The molecule has 0 bridgehead atoms. The van der Waals surface area contributed by atoms with Crippen LogP contribution in [-0.4, -0.2) is 15.0 Å². The molecule has 0 atom stereocenters. The molecule has 0 saturated heterocycles. The maximum atomic E-state index is 5.94. The lowest BCUT2D eigenvalue weighted by Crippen LogP contribution is -1.93. The zero-order valence-electron chi connectivity index (χ0n) is 9.47. The van der Waals surface area contributed by atoms with Crippen molar-refractivity contribution in [1.82, 2.24) is 15.0 Å². The largest absolute Gasteiger partial charge is 0.382 e. The molecule has 0 aromatic carbocycles. The minimum Gasteiger partial charge on any atom is -0.382 e. The molecule has 3 aromatic heterocycles. The van der Waals surface area contributed by atoms with E-state index in [4.69, 9.17) is 5.73 Å². The molecule has 86 valence electrons. The molecule has 4 nitrogen and oxygen atoms in total. The summed E-state index contributed by atoms with van der Waals surface area (Å²) in [5.74, 6) is 0.499. The predicted octanol–water partition coefficient (Wildman–Crippen LogP) is 2.77. The van der Waals surface area contributed by atoms with Gasteiger partial charge in [-0.05, 0) is 25.0 Å². The van der Waals surface area contributed by atoms with E-state index in [0.29, 0.717) is 5.82 Å². The number of hydrogen-bond acceptors (Lipinski definition) is 5.